The van der Waals surface area contributed by atoms with Crippen LogP contribution in [0.15, 0.2) is 23.3 Å². The predicted molar refractivity (Wildman–Crippen MR) is 77.9 cm³/mol. The second kappa shape index (κ2) is 7.37. The van der Waals surface area contributed by atoms with Crippen LogP contribution in [0.3, 0.4) is 0 Å². The largest absolute Gasteiger partial charge is 0.273 e. The van der Waals surface area contributed by atoms with Crippen LogP contribution in [0.25, 0.3) is 0 Å². The zero-order valence-corrected chi connectivity index (χ0v) is 12.0. The van der Waals surface area contributed by atoms with Gasteiger partial charge in [0.2, 0.25) is 0 Å². The molecule has 0 aromatic heterocycles. The highest BCUT2D eigenvalue weighted by atomic mass is 16.6. The lowest BCUT2D eigenvalue weighted by molar-refractivity contribution is -0.385. The quantitative estimate of drug-likeness (QED) is 0.492. The first-order valence-electron chi connectivity index (χ1n) is 6.54. The molecule has 1 amide bonds. The first-order valence-corrected chi connectivity index (χ1v) is 6.54. The van der Waals surface area contributed by atoms with Gasteiger partial charge in [0.05, 0.1) is 4.92 Å². The smallest absolute Gasteiger partial charge is 0.267 e. The highest BCUT2D eigenvalue weighted by molar-refractivity contribution is 5.95. The van der Waals surface area contributed by atoms with Gasteiger partial charge in [0.15, 0.2) is 0 Å². The van der Waals surface area contributed by atoms with Gasteiger partial charge in [-0.05, 0) is 32.8 Å². The molecule has 0 saturated heterocycles. The number of carbonyl (C=O) groups excluding carboxylic acids is 1. The Kier molecular flexibility index (Phi) is 5.83. The lowest BCUT2D eigenvalue weighted by Crippen LogP contribution is -2.19. The molecule has 0 aliphatic rings. The number of nitrogens with zero attached hydrogens (tertiary/aromatic N) is 2. The lowest BCUT2D eigenvalue weighted by Gasteiger charge is -2.03. The second-order valence-electron chi connectivity index (χ2n) is 4.65. The molecular formula is C14H19N3O3. The summed E-state index contributed by atoms with van der Waals surface area (Å²) in [6, 6.07) is 4.37. The number of amides is 1. The van der Waals surface area contributed by atoms with Crippen LogP contribution < -0.4 is 5.43 Å². The van der Waals surface area contributed by atoms with E-state index in [0.29, 0.717) is 5.56 Å². The van der Waals surface area contributed by atoms with Gasteiger partial charge in [-0.3, -0.25) is 14.9 Å². The Hall–Kier alpha value is -2.24. The van der Waals surface area contributed by atoms with Crippen molar-refractivity contribution in [3.05, 3.63) is 39.4 Å². The van der Waals surface area contributed by atoms with Crippen LogP contribution in [0.1, 0.15) is 49.0 Å². The van der Waals surface area contributed by atoms with Crippen LogP contribution in [0, 0.1) is 17.0 Å². The molecule has 6 nitrogen and oxygen atoms in total. The van der Waals surface area contributed by atoms with E-state index in [0.717, 1.165) is 25.0 Å². The molecule has 1 aromatic rings. The minimum absolute atomic E-state index is 0.0654. The normalized spacial score (nSPS) is 11.2. The van der Waals surface area contributed by atoms with Gasteiger partial charge >= 0.3 is 0 Å². The number of hydrogen-bond acceptors (Lipinski definition) is 4. The molecule has 1 aromatic carbocycles. The zero-order chi connectivity index (χ0) is 15.1. The van der Waals surface area contributed by atoms with Gasteiger partial charge in [0, 0.05) is 22.9 Å². The third kappa shape index (κ3) is 4.46. The molecule has 1 N–H and O–H groups in total. The molecule has 6 heteroatoms. The molecule has 0 aliphatic heterocycles. The molecule has 0 saturated carbocycles. The van der Waals surface area contributed by atoms with Gasteiger partial charge in [-0.1, -0.05) is 19.4 Å². The van der Waals surface area contributed by atoms with Crippen LogP contribution in [0.4, 0.5) is 5.69 Å². The van der Waals surface area contributed by atoms with Gasteiger partial charge in [0.1, 0.15) is 0 Å². The molecule has 0 spiro atoms. The van der Waals surface area contributed by atoms with E-state index in [1.165, 1.54) is 6.07 Å². The van der Waals surface area contributed by atoms with Crippen molar-refractivity contribution in [2.24, 2.45) is 5.10 Å². The van der Waals surface area contributed by atoms with Gasteiger partial charge in [-0.2, -0.15) is 5.10 Å². The van der Waals surface area contributed by atoms with Crippen molar-refractivity contribution in [1.82, 2.24) is 5.43 Å². The fraction of sp³-hybridized carbons (Fsp3) is 0.429. The maximum Gasteiger partial charge on any atom is 0.273 e. The summed E-state index contributed by atoms with van der Waals surface area (Å²) in [5.74, 6) is -0.441. The van der Waals surface area contributed by atoms with Crippen molar-refractivity contribution < 1.29 is 9.72 Å². The van der Waals surface area contributed by atoms with Crippen molar-refractivity contribution in [3.8, 4) is 0 Å². The molecule has 20 heavy (non-hydrogen) atoms. The standard InChI is InChI=1S/C14H19N3O3/c1-4-5-6-11(3)15-16-14(18)12-8-7-10(2)13(9-12)17(19)20/h7-9H,4-6H2,1-3H3,(H,16,18)/b15-11-. The zero-order valence-electron chi connectivity index (χ0n) is 12.0. The number of nitrogens with one attached hydrogen (secondary N) is 1. The molecule has 0 unspecified atom stereocenters. The van der Waals surface area contributed by atoms with E-state index < -0.39 is 10.8 Å². The van der Waals surface area contributed by atoms with Crippen molar-refractivity contribution >= 4 is 17.3 Å². The van der Waals surface area contributed by atoms with Crippen LogP contribution in [0.5, 0.6) is 0 Å². The van der Waals surface area contributed by atoms with Crippen LogP contribution in [-0.4, -0.2) is 16.5 Å². The molecule has 0 heterocycles. The van der Waals surface area contributed by atoms with Crippen molar-refractivity contribution in [2.45, 2.75) is 40.0 Å². The Balaban J connectivity index is 2.78. The fourth-order valence-corrected chi connectivity index (χ4v) is 1.65. The number of benzene rings is 1. The van der Waals surface area contributed by atoms with E-state index in [1.54, 1.807) is 19.1 Å². The Labute approximate surface area is 118 Å². The summed E-state index contributed by atoms with van der Waals surface area (Å²) in [4.78, 5) is 22.2. The Morgan fingerprint density at radius 3 is 2.75 bits per heavy atom. The topological polar surface area (TPSA) is 84.6 Å². The van der Waals surface area contributed by atoms with E-state index >= 15 is 0 Å². The number of nitro groups is 1. The van der Waals surface area contributed by atoms with E-state index in [2.05, 4.69) is 17.5 Å². The van der Waals surface area contributed by atoms with Gasteiger partial charge in [-0.15, -0.1) is 0 Å². The molecule has 108 valence electrons. The number of hydrazone groups is 1. The lowest BCUT2D eigenvalue weighted by atomic mass is 10.1. The third-order valence-electron chi connectivity index (χ3n) is 2.91. The first-order chi connectivity index (χ1) is 9.45. The number of aryl methyl sites for hydroxylation is 1. The summed E-state index contributed by atoms with van der Waals surface area (Å²) in [6.45, 7) is 5.55. The molecule has 1 rings (SSSR count). The van der Waals surface area contributed by atoms with Crippen molar-refractivity contribution in [3.63, 3.8) is 0 Å². The molecular weight excluding hydrogens is 258 g/mol. The van der Waals surface area contributed by atoms with E-state index in [-0.39, 0.29) is 11.3 Å². The Morgan fingerprint density at radius 2 is 2.15 bits per heavy atom. The van der Waals surface area contributed by atoms with Crippen LogP contribution in [0.2, 0.25) is 0 Å². The Bertz CT molecular complexity index is 538. The minimum Gasteiger partial charge on any atom is -0.267 e. The van der Waals surface area contributed by atoms with E-state index in [9.17, 15) is 14.9 Å². The summed E-state index contributed by atoms with van der Waals surface area (Å²) in [5.41, 5.74) is 3.94. The monoisotopic (exact) mass is 277 g/mol. The summed E-state index contributed by atoms with van der Waals surface area (Å²) >= 11 is 0. The summed E-state index contributed by atoms with van der Waals surface area (Å²) in [6.07, 6.45) is 2.90. The summed E-state index contributed by atoms with van der Waals surface area (Å²) in [5, 5.41) is 14.8. The number of hydrogen-bond donors (Lipinski definition) is 1. The average Bonchev–Trinajstić information content (AvgIpc) is 2.42. The molecule has 0 bridgehead atoms. The Morgan fingerprint density at radius 1 is 1.45 bits per heavy atom. The third-order valence-corrected chi connectivity index (χ3v) is 2.91. The van der Waals surface area contributed by atoms with Crippen molar-refractivity contribution in [2.75, 3.05) is 0 Å². The number of carbonyl (C=O) groups is 1. The summed E-state index contributed by atoms with van der Waals surface area (Å²) in [7, 11) is 0. The molecule has 0 atom stereocenters. The maximum absolute atomic E-state index is 11.9. The van der Waals surface area contributed by atoms with Crippen LogP contribution in [-0.2, 0) is 0 Å². The molecule has 0 radical (unpaired) electrons. The van der Waals surface area contributed by atoms with Gasteiger partial charge in [-0.25, -0.2) is 5.43 Å². The SMILES string of the molecule is CCCC/C(C)=N\NC(=O)c1ccc(C)c([N+](=O)[O-])c1. The highest BCUT2D eigenvalue weighted by Gasteiger charge is 2.14. The second-order valence-corrected chi connectivity index (χ2v) is 4.65. The van der Waals surface area contributed by atoms with E-state index in [4.69, 9.17) is 0 Å². The highest BCUT2D eigenvalue weighted by Crippen LogP contribution is 2.19. The van der Waals surface area contributed by atoms with Gasteiger partial charge in [0.25, 0.3) is 11.6 Å². The first kappa shape index (κ1) is 15.8. The summed E-state index contributed by atoms with van der Waals surface area (Å²) < 4.78 is 0. The van der Waals surface area contributed by atoms with Crippen molar-refractivity contribution in [1.29, 1.82) is 0 Å². The van der Waals surface area contributed by atoms with E-state index in [1.807, 2.05) is 6.92 Å². The average molecular weight is 277 g/mol. The minimum atomic E-state index is -0.498. The number of rotatable bonds is 6. The molecule has 0 fully saturated rings. The fourth-order valence-electron chi connectivity index (χ4n) is 1.65. The molecule has 0 aliphatic carbocycles. The number of unbranched alkanes of at least 4 members (excludes halogenated alkanes) is 1. The predicted octanol–water partition coefficient (Wildman–Crippen LogP) is 3.20. The van der Waals surface area contributed by atoms with Gasteiger partial charge < -0.3 is 0 Å². The number of nitro benzene ring substituents is 1. The maximum atomic E-state index is 11.9. The van der Waals surface area contributed by atoms with Crippen LogP contribution >= 0.6 is 0 Å².